The van der Waals surface area contributed by atoms with E-state index < -0.39 is 11.9 Å². The Morgan fingerprint density at radius 2 is 1.98 bits per heavy atom. The van der Waals surface area contributed by atoms with Crippen molar-refractivity contribution in [1.82, 2.24) is 35.5 Å². The van der Waals surface area contributed by atoms with Gasteiger partial charge in [0.1, 0.15) is 18.3 Å². The summed E-state index contributed by atoms with van der Waals surface area (Å²) in [6, 6.07) is 6.19. The molecule has 13 nitrogen and oxygen atoms in total. The molecule has 0 spiro atoms. The second kappa shape index (κ2) is 12.6. The predicted octanol–water partition coefficient (Wildman–Crippen LogP) is 2.63. The van der Waals surface area contributed by atoms with E-state index in [0.29, 0.717) is 47.6 Å². The van der Waals surface area contributed by atoms with E-state index in [1.54, 1.807) is 35.9 Å². The summed E-state index contributed by atoms with van der Waals surface area (Å²) in [6.07, 6.45) is 2.46. The van der Waals surface area contributed by atoms with Crippen LogP contribution >= 0.6 is 0 Å². The lowest BCUT2D eigenvalue weighted by atomic mass is 10.0. The number of ether oxygens (including phenoxy) is 2. The molecular formula is C29H37N7O6. The number of carbonyl (C=O) groups is 3. The predicted molar refractivity (Wildman–Crippen MR) is 150 cm³/mol. The van der Waals surface area contributed by atoms with Crippen molar-refractivity contribution in [3.8, 4) is 11.5 Å². The van der Waals surface area contributed by atoms with Gasteiger partial charge in [0.15, 0.2) is 11.5 Å². The second-order valence-electron chi connectivity index (χ2n) is 11.0. The highest BCUT2D eigenvalue weighted by atomic mass is 16.5. The zero-order valence-corrected chi connectivity index (χ0v) is 24.4. The van der Waals surface area contributed by atoms with Crippen LogP contribution in [0.4, 0.5) is 0 Å². The summed E-state index contributed by atoms with van der Waals surface area (Å²) in [4.78, 5) is 45.8. The Hall–Kier alpha value is -4.42. The van der Waals surface area contributed by atoms with Crippen molar-refractivity contribution in [3.05, 3.63) is 52.9 Å². The van der Waals surface area contributed by atoms with Gasteiger partial charge in [0.2, 0.25) is 11.7 Å². The number of nitrogens with one attached hydrogen (secondary N) is 2. The number of carbonyl (C=O) groups excluding carboxylic acids is 3. The van der Waals surface area contributed by atoms with Crippen molar-refractivity contribution < 1.29 is 28.4 Å². The summed E-state index contributed by atoms with van der Waals surface area (Å²) in [5, 5.41) is 14.5. The van der Waals surface area contributed by atoms with Crippen LogP contribution < -0.4 is 20.1 Å². The van der Waals surface area contributed by atoms with Crippen LogP contribution in [0.1, 0.15) is 83.3 Å². The van der Waals surface area contributed by atoms with Gasteiger partial charge in [-0.1, -0.05) is 19.0 Å². The van der Waals surface area contributed by atoms with Crippen LogP contribution in [0.5, 0.6) is 11.5 Å². The first-order valence-electron chi connectivity index (χ1n) is 14.3. The monoisotopic (exact) mass is 579 g/mol. The van der Waals surface area contributed by atoms with E-state index in [9.17, 15) is 14.4 Å². The largest absolute Gasteiger partial charge is 0.493 e. The van der Waals surface area contributed by atoms with Crippen molar-refractivity contribution in [2.75, 3.05) is 33.4 Å². The normalized spacial score (nSPS) is 18.8. The third-order valence-corrected chi connectivity index (χ3v) is 7.30. The fourth-order valence-corrected chi connectivity index (χ4v) is 4.90. The van der Waals surface area contributed by atoms with Crippen LogP contribution in [-0.2, 0) is 11.3 Å². The molecule has 0 unspecified atom stereocenters. The van der Waals surface area contributed by atoms with E-state index >= 15 is 0 Å². The van der Waals surface area contributed by atoms with Gasteiger partial charge in [-0.05, 0) is 50.3 Å². The summed E-state index contributed by atoms with van der Waals surface area (Å²) in [5.41, 5.74) is 1.17. The molecule has 2 aromatic heterocycles. The molecule has 1 atom stereocenters. The Bertz CT molecular complexity index is 1440. The highest BCUT2D eigenvalue weighted by molar-refractivity contribution is 5.95. The van der Waals surface area contributed by atoms with E-state index in [-0.39, 0.29) is 49.7 Å². The zero-order valence-electron chi connectivity index (χ0n) is 24.4. The van der Waals surface area contributed by atoms with Gasteiger partial charge in [0.25, 0.3) is 11.8 Å². The molecule has 1 aromatic carbocycles. The number of nitrogens with zero attached hydrogens (tertiary/aromatic N) is 5. The molecule has 1 aliphatic heterocycles. The molecule has 2 aliphatic rings. The van der Waals surface area contributed by atoms with Gasteiger partial charge in [-0.2, -0.15) is 5.10 Å². The maximum Gasteiger partial charge on any atom is 0.292 e. The average Bonchev–Trinajstić information content (AvgIpc) is 3.58. The molecule has 3 heterocycles. The first kappa shape index (κ1) is 29.1. The van der Waals surface area contributed by atoms with E-state index in [1.807, 2.05) is 13.8 Å². The van der Waals surface area contributed by atoms with Gasteiger partial charge < -0.3 is 29.5 Å². The molecule has 1 fully saturated rings. The van der Waals surface area contributed by atoms with E-state index in [1.165, 1.54) is 12.0 Å². The SMILES string of the molecule is COc1ccc2cc1OCCn1nc(C)nc1[C@H](C(C)C)NC(=O)CN(C(=O)c1cc(C3CC3)no1)CCCNC2=O. The molecule has 5 rings (SSSR count). The molecule has 2 bridgehead atoms. The minimum Gasteiger partial charge on any atom is -0.493 e. The van der Waals surface area contributed by atoms with Crippen molar-refractivity contribution >= 4 is 17.7 Å². The Kier molecular flexibility index (Phi) is 8.74. The Morgan fingerprint density at radius 1 is 1.17 bits per heavy atom. The lowest BCUT2D eigenvalue weighted by Gasteiger charge is -2.25. The molecule has 3 aromatic rings. The van der Waals surface area contributed by atoms with Crippen LogP contribution in [0.15, 0.2) is 28.8 Å². The van der Waals surface area contributed by atoms with Gasteiger partial charge in [0, 0.05) is 30.6 Å². The molecule has 0 saturated heterocycles. The van der Waals surface area contributed by atoms with Crippen molar-refractivity contribution in [2.24, 2.45) is 5.92 Å². The number of hydrogen-bond donors (Lipinski definition) is 2. The molecule has 3 amide bonds. The van der Waals surface area contributed by atoms with Crippen LogP contribution in [0, 0.1) is 12.8 Å². The Balaban J connectivity index is 1.43. The molecule has 2 N–H and O–H groups in total. The average molecular weight is 580 g/mol. The molecule has 1 aliphatic carbocycles. The molecule has 0 radical (unpaired) electrons. The Labute approximate surface area is 243 Å². The first-order valence-corrected chi connectivity index (χ1v) is 14.3. The maximum absolute atomic E-state index is 13.5. The van der Waals surface area contributed by atoms with Gasteiger partial charge in [-0.15, -0.1) is 0 Å². The second-order valence-corrected chi connectivity index (χ2v) is 11.0. The number of benzene rings is 1. The minimum absolute atomic E-state index is 0.0191. The summed E-state index contributed by atoms with van der Waals surface area (Å²) < 4.78 is 18.5. The van der Waals surface area contributed by atoms with E-state index in [0.717, 1.165) is 18.5 Å². The Morgan fingerprint density at radius 3 is 2.71 bits per heavy atom. The molecule has 13 heteroatoms. The lowest BCUT2D eigenvalue weighted by Crippen LogP contribution is -2.44. The van der Waals surface area contributed by atoms with Crippen LogP contribution in [0.25, 0.3) is 0 Å². The van der Waals surface area contributed by atoms with E-state index in [2.05, 4.69) is 25.9 Å². The van der Waals surface area contributed by atoms with Gasteiger partial charge in [0.05, 0.1) is 31.9 Å². The number of hydrogen-bond acceptors (Lipinski definition) is 9. The summed E-state index contributed by atoms with van der Waals surface area (Å²) in [5.74, 6) is 1.39. The summed E-state index contributed by atoms with van der Waals surface area (Å²) >= 11 is 0. The fourth-order valence-electron chi connectivity index (χ4n) is 4.90. The lowest BCUT2D eigenvalue weighted by molar-refractivity contribution is -0.123. The zero-order chi connectivity index (χ0) is 29.8. The van der Waals surface area contributed by atoms with Crippen LogP contribution in [0.3, 0.4) is 0 Å². The minimum atomic E-state index is -0.460. The highest BCUT2D eigenvalue weighted by Gasteiger charge is 2.31. The third kappa shape index (κ3) is 6.72. The summed E-state index contributed by atoms with van der Waals surface area (Å²) in [7, 11) is 1.54. The number of fused-ring (bicyclic) bond motifs is 3. The van der Waals surface area contributed by atoms with Crippen molar-refractivity contribution in [1.29, 1.82) is 0 Å². The standard InChI is InChI=1S/C29H37N7O6/c1-17(2)26-27-31-18(3)33-36(27)12-13-41-23-14-20(8-9-22(23)40-4)28(38)30-10-5-11-35(16-25(37)32-26)29(39)24-15-21(34-42-24)19-6-7-19/h8-9,14-15,17,19,26H,5-7,10-13,16H2,1-4H3,(H,30,38)(H,32,37)/t26-/m0/s1. The molecule has 1 saturated carbocycles. The quantitative estimate of drug-likeness (QED) is 0.475. The van der Waals surface area contributed by atoms with Crippen LogP contribution in [0.2, 0.25) is 0 Å². The molecular weight excluding hydrogens is 542 g/mol. The number of aryl methyl sites for hydroxylation is 1. The number of amides is 3. The first-order chi connectivity index (χ1) is 20.2. The van der Waals surface area contributed by atoms with Gasteiger partial charge in [-0.3, -0.25) is 14.4 Å². The number of methoxy groups -OCH3 is 1. The number of rotatable bonds is 4. The van der Waals surface area contributed by atoms with Crippen LogP contribution in [-0.4, -0.2) is 75.9 Å². The highest BCUT2D eigenvalue weighted by Crippen LogP contribution is 2.39. The molecule has 42 heavy (non-hydrogen) atoms. The maximum atomic E-state index is 13.5. The molecule has 224 valence electrons. The smallest absolute Gasteiger partial charge is 0.292 e. The number of aromatic nitrogens is 4. The van der Waals surface area contributed by atoms with Crippen molar-refractivity contribution in [3.63, 3.8) is 0 Å². The van der Waals surface area contributed by atoms with Crippen molar-refractivity contribution in [2.45, 2.75) is 58.5 Å². The van der Waals surface area contributed by atoms with Gasteiger partial charge >= 0.3 is 0 Å². The van der Waals surface area contributed by atoms with Gasteiger partial charge in [-0.25, -0.2) is 9.67 Å². The topological polar surface area (TPSA) is 154 Å². The van der Waals surface area contributed by atoms with E-state index in [4.69, 9.17) is 14.0 Å². The summed E-state index contributed by atoms with van der Waals surface area (Å²) in [6.45, 7) is 6.61. The third-order valence-electron chi connectivity index (χ3n) is 7.30. The fraction of sp³-hybridized carbons (Fsp3) is 0.517.